The number of morpholine rings is 1. The molecule has 2 saturated heterocycles. The van der Waals surface area contributed by atoms with Crippen molar-refractivity contribution >= 4 is 16.8 Å². The van der Waals surface area contributed by atoms with E-state index in [1.165, 1.54) is 6.07 Å². The molecule has 2 aliphatic heterocycles. The number of likely N-dealkylation sites (tertiary alicyclic amines) is 1. The third kappa shape index (κ3) is 4.13. The molecular formula is C22H29N3O3. The van der Waals surface area contributed by atoms with E-state index in [4.69, 9.17) is 4.74 Å². The highest BCUT2D eigenvalue weighted by Gasteiger charge is 2.28. The Hall–Kier alpha value is -2.18. The molecule has 2 atom stereocenters. The average molecular weight is 383 g/mol. The lowest BCUT2D eigenvalue weighted by molar-refractivity contribution is -0.0728. The predicted octanol–water partition coefficient (Wildman–Crippen LogP) is 2.49. The Balaban J connectivity index is 1.39. The molecule has 0 radical (unpaired) electrons. The number of ether oxygens (including phenoxy) is 1. The second-order valence-corrected chi connectivity index (χ2v) is 8.30. The summed E-state index contributed by atoms with van der Waals surface area (Å²) in [5.41, 5.74) is 1.04. The Morgan fingerprint density at radius 1 is 1.11 bits per heavy atom. The van der Waals surface area contributed by atoms with Gasteiger partial charge in [-0.2, -0.15) is 0 Å². The van der Waals surface area contributed by atoms with Crippen LogP contribution in [0.25, 0.3) is 10.9 Å². The van der Waals surface area contributed by atoms with Crippen molar-refractivity contribution in [3.63, 3.8) is 0 Å². The Morgan fingerprint density at radius 3 is 2.54 bits per heavy atom. The van der Waals surface area contributed by atoms with Gasteiger partial charge in [-0.3, -0.25) is 14.5 Å². The number of nitrogens with zero attached hydrogens (tertiary/aromatic N) is 2. The number of carbonyl (C=O) groups is 1. The van der Waals surface area contributed by atoms with E-state index in [-0.39, 0.29) is 11.5 Å². The van der Waals surface area contributed by atoms with Gasteiger partial charge in [0.1, 0.15) is 0 Å². The molecule has 0 unspecified atom stereocenters. The Kier molecular flexibility index (Phi) is 5.51. The minimum Gasteiger partial charge on any atom is -0.373 e. The fourth-order valence-electron chi connectivity index (χ4n) is 4.64. The smallest absolute Gasteiger partial charge is 0.255 e. The predicted molar refractivity (Wildman–Crippen MR) is 110 cm³/mol. The van der Waals surface area contributed by atoms with Gasteiger partial charge in [0.2, 0.25) is 5.56 Å². The normalized spacial score (nSPS) is 24.6. The van der Waals surface area contributed by atoms with Gasteiger partial charge in [0.25, 0.3) is 5.91 Å². The monoisotopic (exact) mass is 383 g/mol. The fraction of sp³-hybridized carbons (Fsp3) is 0.545. The summed E-state index contributed by atoms with van der Waals surface area (Å²) in [6, 6.07) is 8.86. The van der Waals surface area contributed by atoms with Crippen molar-refractivity contribution in [2.45, 2.75) is 38.9 Å². The molecule has 28 heavy (non-hydrogen) atoms. The lowest BCUT2D eigenvalue weighted by Gasteiger charge is -2.39. The van der Waals surface area contributed by atoms with Gasteiger partial charge < -0.3 is 14.6 Å². The SMILES string of the molecule is C[C@@H]1CN(CC2CCN(C(=O)c3cccc4ccc(=O)[nH]c34)CC2)C[C@H](C)O1. The molecule has 3 heterocycles. The molecule has 0 aliphatic carbocycles. The van der Waals surface area contributed by atoms with E-state index in [9.17, 15) is 9.59 Å². The lowest BCUT2D eigenvalue weighted by atomic mass is 9.95. The number of benzene rings is 1. The summed E-state index contributed by atoms with van der Waals surface area (Å²) in [5, 5.41) is 0.885. The van der Waals surface area contributed by atoms with Crippen LogP contribution in [0, 0.1) is 5.92 Å². The molecule has 4 rings (SSSR count). The number of rotatable bonds is 3. The molecule has 2 aliphatic rings. The molecule has 2 aromatic rings. The van der Waals surface area contributed by atoms with Crippen LogP contribution in [-0.4, -0.2) is 65.6 Å². The summed E-state index contributed by atoms with van der Waals surface area (Å²) < 4.78 is 5.83. The Bertz CT molecular complexity index is 891. The van der Waals surface area contributed by atoms with Crippen LogP contribution in [0.4, 0.5) is 0 Å². The molecular weight excluding hydrogens is 354 g/mol. The number of nitrogens with one attached hydrogen (secondary N) is 1. The van der Waals surface area contributed by atoms with Crippen LogP contribution >= 0.6 is 0 Å². The van der Waals surface area contributed by atoms with Gasteiger partial charge in [0, 0.05) is 38.8 Å². The molecule has 0 saturated carbocycles. The third-order valence-electron chi connectivity index (χ3n) is 5.90. The van der Waals surface area contributed by atoms with E-state index >= 15 is 0 Å². The zero-order chi connectivity index (χ0) is 19.7. The van der Waals surface area contributed by atoms with E-state index in [0.29, 0.717) is 29.2 Å². The first-order chi connectivity index (χ1) is 13.5. The highest BCUT2D eigenvalue weighted by atomic mass is 16.5. The minimum atomic E-state index is -0.180. The number of amides is 1. The molecule has 2 fully saturated rings. The molecule has 1 N–H and O–H groups in total. The van der Waals surface area contributed by atoms with Gasteiger partial charge in [0.15, 0.2) is 0 Å². The van der Waals surface area contributed by atoms with Crippen LogP contribution in [0.1, 0.15) is 37.0 Å². The first kappa shape index (κ1) is 19.2. The van der Waals surface area contributed by atoms with E-state index < -0.39 is 0 Å². The van der Waals surface area contributed by atoms with Crippen LogP contribution in [0.5, 0.6) is 0 Å². The number of hydrogen-bond donors (Lipinski definition) is 1. The molecule has 0 bridgehead atoms. The number of H-pyrrole nitrogens is 1. The van der Waals surface area contributed by atoms with E-state index in [0.717, 1.165) is 51.0 Å². The topological polar surface area (TPSA) is 65.6 Å². The quantitative estimate of drug-likeness (QED) is 0.884. The number of aromatic amines is 1. The maximum atomic E-state index is 13.1. The number of pyridine rings is 1. The molecule has 1 amide bonds. The van der Waals surface area contributed by atoms with Crippen LogP contribution < -0.4 is 5.56 Å². The van der Waals surface area contributed by atoms with Gasteiger partial charge in [-0.25, -0.2) is 0 Å². The van der Waals surface area contributed by atoms with Crippen LogP contribution in [-0.2, 0) is 4.74 Å². The van der Waals surface area contributed by atoms with Crippen molar-refractivity contribution in [3.05, 3.63) is 46.2 Å². The summed E-state index contributed by atoms with van der Waals surface area (Å²) in [4.78, 5) is 32.1. The van der Waals surface area contributed by atoms with E-state index in [1.807, 2.05) is 23.1 Å². The maximum absolute atomic E-state index is 13.1. The molecule has 1 aromatic carbocycles. The van der Waals surface area contributed by atoms with Crippen molar-refractivity contribution in [2.75, 3.05) is 32.7 Å². The Morgan fingerprint density at radius 2 is 1.82 bits per heavy atom. The second-order valence-electron chi connectivity index (χ2n) is 8.30. The zero-order valence-electron chi connectivity index (χ0n) is 16.7. The first-order valence-electron chi connectivity index (χ1n) is 10.3. The molecule has 0 spiro atoms. The van der Waals surface area contributed by atoms with Crippen LogP contribution in [0.15, 0.2) is 35.1 Å². The van der Waals surface area contributed by atoms with Crippen molar-refractivity contribution in [3.8, 4) is 0 Å². The number of para-hydroxylation sites is 1. The van der Waals surface area contributed by atoms with Gasteiger partial charge in [-0.05, 0) is 50.1 Å². The molecule has 6 heteroatoms. The summed E-state index contributed by atoms with van der Waals surface area (Å²) in [6.07, 6.45) is 2.62. The maximum Gasteiger partial charge on any atom is 0.255 e. The largest absolute Gasteiger partial charge is 0.373 e. The van der Waals surface area contributed by atoms with Crippen molar-refractivity contribution < 1.29 is 9.53 Å². The summed E-state index contributed by atoms with van der Waals surface area (Å²) in [6.45, 7) is 8.89. The summed E-state index contributed by atoms with van der Waals surface area (Å²) in [7, 11) is 0. The highest BCUT2D eigenvalue weighted by molar-refractivity contribution is 6.05. The van der Waals surface area contributed by atoms with Crippen LogP contribution in [0.2, 0.25) is 0 Å². The molecule has 1 aromatic heterocycles. The highest BCUT2D eigenvalue weighted by Crippen LogP contribution is 2.24. The number of aromatic nitrogens is 1. The minimum absolute atomic E-state index is 0.0134. The van der Waals surface area contributed by atoms with E-state index in [2.05, 4.69) is 23.7 Å². The number of piperidine rings is 1. The molecule has 6 nitrogen and oxygen atoms in total. The first-order valence-corrected chi connectivity index (χ1v) is 10.3. The van der Waals surface area contributed by atoms with Crippen molar-refractivity contribution in [1.29, 1.82) is 0 Å². The van der Waals surface area contributed by atoms with Crippen molar-refractivity contribution in [1.82, 2.24) is 14.8 Å². The fourth-order valence-corrected chi connectivity index (χ4v) is 4.64. The summed E-state index contributed by atoms with van der Waals surface area (Å²) >= 11 is 0. The lowest BCUT2D eigenvalue weighted by Crippen LogP contribution is -2.48. The van der Waals surface area contributed by atoms with Crippen molar-refractivity contribution in [2.24, 2.45) is 5.92 Å². The van der Waals surface area contributed by atoms with Crippen LogP contribution in [0.3, 0.4) is 0 Å². The second kappa shape index (κ2) is 8.05. The summed E-state index contributed by atoms with van der Waals surface area (Å²) in [5.74, 6) is 0.633. The Labute approximate surface area is 165 Å². The number of hydrogen-bond acceptors (Lipinski definition) is 4. The number of fused-ring (bicyclic) bond motifs is 1. The number of carbonyl (C=O) groups excluding carboxylic acids is 1. The third-order valence-corrected chi connectivity index (χ3v) is 5.90. The zero-order valence-corrected chi connectivity index (χ0v) is 16.7. The van der Waals surface area contributed by atoms with E-state index in [1.54, 1.807) is 6.07 Å². The average Bonchev–Trinajstić information content (AvgIpc) is 2.67. The standard InChI is InChI=1S/C22H29N3O3/c1-15-12-24(13-16(2)28-15)14-17-8-10-25(11-9-17)22(27)19-5-3-4-18-6-7-20(26)23-21(18)19/h3-7,15-17H,8-14H2,1-2H3,(H,23,26)/t15-,16+. The van der Waals surface area contributed by atoms with Gasteiger partial charge in [0.05, 0.1) is 23.3 Å². The van der Waals surface area contributed by atoms with Gasteiger partial charge >= 0.3 is 0 Å². The molecule has 150 valence electrons. The van der Waals surface area contributed by atoms with Gasteiger partial charge in [-0.1, -0.05) is 12.1 Å². The van der Waals surface area contributed by atoms with Gasteiger partial charge in [-0.15, -0.1) is 0 Å².